The van der Waals surface area contributed by atoms with E-state index in [1.54, 1.807) is 19.1 Å². The van der Waals surface area contributed by atoms with Crippen molar-refractivity contribution in [2.75, 3.05) is 20.2 Å². The quantitative estimate of drug-likeness (QED) is 0.479. The smallest absolute Gasteiger partial charge is 0.238 e. The van der Waals surface area contributed by atoms with Crippen molar-refractivity contribution < 1.29 is 19.3 Å². The lowest BCUT2D eigenvalue weighted by Gasteiger charge is -2.37. The zero-order valence-corrected chi connectivity index (χ0v) is 16.1. The first-order valence-corrected chi connectivity index (χ1v) is 9.00. The van der Waals surface area contributed by atoms with Gasteiger partial charge in [-0.3, -0.25) is 9.59 Å². The highest BCUT2D eigenvalue weighted by molar-refractivity contribution is 6.21. The molecule has 2 heterocycles. The van der Waals surface area contributed by atoms with Gasteiger partial charge in [0.05, 0.1) is 7.11 Å². The van der Waals surface area contributed by atoms with Crippen molar-refractivity contribution in [2.45, 2.75) is 51.2 Å². The molecule has 1 amide bonds. The van der Waals surface area contributed by atoms with E-state index in [4.69, 9.17) is 9.68 Å². The average molecular weight is 375 g/mol. The summed E-state index contributed by atoms with van der Waals surface area (Å²) in [4.78, 5) is 47.1. The molecule has 0 aliphatic carbocycles. The maximum absolute atomic E-state index is 13.6. The number of aryl methyl sites for hydroxylation is 2. The van der Waals surface area contributed by atoms with Crippen molar-refractivity contribution in [3.63, 3.8) is 0 Å². The van der Waals surface area contributed by atoms with E-state index in [2.05, 4.69) is 10.7 Å². The van der Waals surface area contributed by atoms with Gasteiger partial charge in [0.15, 0.2) is 11.1 Å². The number of nitrogens with zero attached hydrogens (tertiary/aromatic N) is 2. The van der Waals surface area contributed by atoms with Crippen LogP contribution in [0.4, 0.5) is 0 Å². The number of hydrogen-bond donors (Lipinski definition) is 1. The van der Waals surface area contributed by atoms with Crippen LogP contribution >= 0.6 is 0 Å². The summed E-state index contributed by atoms with van der Waals surface area (Å²) in [6.07, 6.45) is 0.987. The Labute approximate surface area is 158 Å². The van der Waals surface area contributed by atoms with Gasteiger partial charge in [-0.2, -0.15) is 5.06 Å². The van der Waals surface area contributed by atoms with Gasteiger partial charge < -0.3 is 15.0 Å². The van der Waals surface area contributed by atoms with Gasteiger partial charge in [0.25, 0.3) is 0 Å². The van der Waals surface area contributed by atoms with Crippen LogP contribution in [0.15, 0.2) is 17.5 Å². The minimum absolute atomic E-state index is 0.0814. The Hall–Kier alpha value is -2.32. The van der Waals surface area contributed by atoms with Crippen LogP contribution in [0.25, 0.3) is 0 Å². The lowest BCUT2D eigenvalue weighted by molar-refractivity contribution is -0.157. The molecule has 1 atom stereocenters. The number of benzene rings is 1. The number of Topliss-reactive ketones (excluding diaryl/α,β-unsaturated/α-hetero) is 1. The van der Waals surface area contributed by atoms with Gasteiger partial charge >= 0.3 is 0 Å². The number of amides is 1. The first kappa shape index (κ1) is 19.4. The molecule has 8 heteroatoms. The number of ketones is 1. The zero-order valence-electron chi connectivity index (χ0n) is 16.1. The molecule has 8 nitrogen and oxygen atoms in total. The SMILES string of the molecule is CON1CCC2(CC1)NC(=O)C(C)(c1c(C)cc(C)cc1CON=O)C2=O. The fraction of sp³-hybridized carbons (Fsp3) is 0.579. The second-order valence-electron chi connectivity index (χ2n) is 7.57. The van der Waals surface area contributed by atoms with Gasteiger partial charge in [0.1, 0.15) is 17.6 Å². The summed E-state index contributed by atoms with van der Waals surface area (Å²) in [6, 6.07) is 3.76. The Morgan fingerprint density at radius 1 is 1.22 bits per heavy atom. The molecule has 2 saturated heterocycles. The van der Waals surface area contributed by atoms with E-state index >= 15 is 0 Å². The lowest BCUT2D eigenvalue weighted by Crippen LogP contribution is -2.55. The molecular formula is C19H25N3O5. The van der Waals surface area contributed by atoms with Gasteiger partial charge in [-0.15, -0.1) is 4.91 Å². The van der Waals surface area contributed by atoms with Gasteiger partial charge in [-0.05, 0) is 50.3 Å². The second-order valence-corrected chi connectivity index (χ2v) is 7.57. The maximum Gasteiger partial charge on any atom is 0.238 e. The average Bonchev–Trinajstić information content (AvgIpc) is 2.81. The summed E-state index contributed by atoms with van der Waals surface area (Å²) in [7, 11) is 1.60. The molecule has 1 spiro atoms. The van der Waals surface area contributed by atoms with Crippen molar-refractivity contribution in [1.82, 2.24) is 10.4 Å². The molecule has 146 valence electrons. The van der Waals surface area contributed by atoms with Gasteiger partial charge in [-0.1, -0.05) is 17.7 Å². The highest BCUT2D eigenvalue weighted by Gasteiger charge is 2.61. The molecule has 0 bridgehead atoms. The predicted octanol–water partition coefficient (Wildman–Crippen LogP) is 1.85. The van der Waals surface area contributed by atoms with E-state index in [1.807, 2.05) is 26.0 Å². The van der Waals surface area contributed by atoms with Crippen molar-refractivity contribution in [3.8, 4) is 0 Å². The van der Waals surface area contributed by atoms with Crippen LogP contribution in [0.1, 0.15) is 42.0 Å². The number of nitrogens with one attached hydrogen (secondary N) is 1. The number of carbonyl (C=O) groups excluding carboxylic acids is 2. The molecular weight excluding hydrogens is 350 g/mol. The van der Waals surface area contributed by atoms with E-state index < -0.39 is 11.0 Å². The largest absolute Gasteiger partial charge is 0.359 e. The standard InChI is InChI=1S/C19H25N3O5/c1-12-9-13(2)15(14(10-12)11-27-21-25)18(3)16(23)19(20-17(18)24)5-7-22(26-4)8-6-19/h9-10H,5-8,11H2,1-4H3,(H,20,24). The minimum Gasteiger partial charge on any atom is -0.359 e. The first-order valence-electron chi connectivity index (χ1n) is 9.00. The Balaban J connectivity index is 2.05. The van der Waals surface area contributed by atoms with E-state index in [9.17, 15) is 14.5 Å². The van der Waals surface area contributed by atoms with Crippen molar-refractivity contribution in [3.05, 3.63) is 39.3 Å². The summed E-state index contributed by atoms with van der Waals surface area (Å²) in [5, 5.41) is 7.23. The third-order valence-corrected chi connectivity index (χ3v) is 5.86. The fourth-order valence-corrected chi connectivity index (χ4v) is 4.59. The Morgan fingerprint density at radius 2 is 1.89 bits per heavy atom. The van der Waals surface area contributed by atoms with Gasteiger partial charge in [0.2, 0.25) is 5.91 Å². The monoisotopic (exact) mass is 375 g/mol. The molecule has 2 aliphatic rings. The number of hydrogen-bond acceptors (Lipinski definition) is 7. The highest BCUT2D eigenvalue weighted by Crippen LogP contribution is 2.43. The molecule has 0 radical (unpaired) electrons. The molecule has 1 N–H and O–H groups in total. The van der Waals surface area contributed by atoms with E-state index in [-0.39, 0.29) is 18.3 Å². The molecule has 1 unspecified atom stereocenters. The Bertz CT molecular complexity index is 786. The van der Waals surface area contributed by atoms with Gasteiger partial charge in [-0.25, -0.2) is 0 Å². The number of hydroxylamine groups is 2. The summed E-state index contributed by atoms with van der Waals surface area (Å²) in [6.45, 7) is 6.49. The second kappa shape index (κ2) is 7.01. The van der Waals surface area contributed by atoms with E-state index in [1.165, 1.54) is 0 Å². The van der Waals surface area contributed by atoms with Crippen LogP contribution in [-0.4, -0.2) is 42.5 Å². The molecule has 3 rings (SSSR count). The lowest BCUT2D eigenvalue weighted by atomic mass is 9.70. The van der Waals surface area contributed by atoms with E-state index in [0.29, 0.717) is 37.1 Å². The summed E-state index contributed by atoms with van der Waals surface area (Å²) >= 11 is 0. The van der Waals surface area contributed by atoms with E-state index in [0.717, 1.165) is 11.1 Å². The Kier molecular flexibility index (Phi) is 5.05. The van der Waals surface area contributed by atoms with Crippen molar-refractivity contribution in [2.24, 2.45) is 5.34 Å². The minimum atomic E-state index is -1.34. The van der Waals surface area contributed by atoms with Crippen molar-refractivity contribution in [1.29, 1.82) is 0 Å². The van der Waals surface area contributed by atoms with Crippen LogP contribution in [-0.2, 0) is 31.3 Å². The van der Waals surface area contributed by atoms with Gasteiger partial charge in [0, 0.05) is 13.1 Å². The molecule has 27 heavy (non-hydrogen) atoms. The fourth-order valence-electron chi connectivity index (χ4n) is 4.59. The summed E-state index contributed by atoms with van der Waals surface area (Å²) in [5.41, 5.74) is 0.776. The molecule has 1 aromatic rings. The predicted molar refractivity (Wildman–Crippen MR) is 97.5 cm³/mol. The third kappa shape index (κ3) is 3.02. The third-order valence-electron chi connectivity index (χ3n) is 5.86. The van der Waals surface area contributed by atoms with Crippen LogP contribution in [0.2, 0.25) is 0 Å². The van der Waals surface area contributed by atoms with Crippen molar-refractivity contribution >= 4 is 11.7 Å². The maximum atomic E-state index is 13.6. The number of rotatable bonds is 5. The normalized spacial score (nSPS) is 24.9. The van der Waals surface area contributed by atoms with Crippen LogP contribution in [0, 0.1) is 18.8 Å². The first-order chi connectivity index (χ1) is 12.8. The molecule has 0 aromatic heterocycles. The Morgan fingerprint density at radius 3 is 2.48 bits per heavy atom. The zero-order chi connectivity index (χ0) is 19.8. The molecule has 2 aliphatic heterocycles. The molecule has 0 saturated carbocycles. The molecule has 2 fully saturated rings. The highest BCUT2D eigenvalue weighted by atomic mass is 16.7. The number of carbonyl (C=O) groups is 2. The topological polar surface area (TPSA) is 97.3 Å². The number of piperidine rings is 1. The van der Waals surface area contributed by atoms with Crippen LogP contribution < -0.4 is 5.32 Å². The summed E-state index contributed by atoms with van der Waals surface area (Å²) < 4.78 is 0. The summed E-state index contributed by atoms with van der Waals surface area (Å²) in [5.74, 6) is -0.450. The van der Waals surface area contributed by atoms with Crippen LogP contribution in [0.3, 0.4) is 0 Å². The van der Waals surface area contributed by atoms with Crippen LogP contribution in [0.5, 0.6) is 0 Å². The molecule has 1 aromatic carbocycles.